The Balaban J connectivity index is 1.81. The Hall–Kier alpha value is -4.83. The van der Waals surface area contributed by atoms with Gasteiger partial charge in [-0.1, -0.05) is 53.8 Å². The van der Waals surface area contributed by atoms with Gasteiger partial charge in [0.2, 0.25) is 5.75 Å². The number of esters is 1. The maximum absolute atomic E-state index is 14.0. The van der Waals surface area contributed by atoms with Crippen LogP contribution in [-0.2, 0) is 9.53 Å². The fourth-order valence-corrected chi connectivity index (χ4v) is 5.69. The monoisotopic (exact) mass is 572 g/mol. The second kappa shape index (κ2) is 11.7. The highest BCUT2D eigenvalue weighted by atomic mass is 32.1. The Labute approximate surface area is 239 Å². The van der Waals surface area contributed by atoms with E-state index in [4.69, 9.17) is 23.9 Å². The van der Waals surface area contributed by atoms with E-state index in [0.29, 0.717) is 31.9 Å². The molecule has 1 N–H and O–H groups in total. The van der Waals surface area contributed by atoms with E-state index in [9.17, 15) is 14.7 Å². The summed E-state index contributed by atoms with van der Waals surface area (Å²) >= 11 is 1.19. The molecule has 1 aromatic heterocycles. The van der Waals surface area contributed by atoms with Crippen LogP contribution in [0.15, 0.2) is 82.1 Å². The van der Waals surface area contributed by atoms with Gasteiger partial charge in [-0.15, -0.1) is 0 Å². The first-order valence-electron chi connectivity index (χ1n) is 12.8. The van der Waals surface area contributed by atoms with Crippen molar-refractivity contribution in [1.29, 1.82) is 0 Å². The van der Waals surface area contributed by atoms with Crippen molar-refractivity contribution < 1.29 is 28.8 Å². The summed E-state index contributed by atoms with van der Waals surface area (Å²) in [6.45, 7) is 1.90. The van der Waals surface area contributed by atoms with Gasteiger partial charge >= 0.3 is 5.97 Å². The van der Waals surface area contributed by atoms with Gasteiger partial charge in [-0.3, -0.25) is 9.36 Å². The topological polar surface area (TPSA) is 109 Å². The van der Waals surface area contributed by atoms with E-state index < -0.39 is 12.0 Å². The molecule has 0 saturated heterocycles. The molecule has 1 aliphatic heterocycles. The molecule has 0 unspecified atom stereocenters. The van der Waals surface area contributed by atoms with Crippen LogP contribution in [0.4, 0.5) is 0 Å². The van der Waals surface area contributed by atoms with Crippen LogP contribution in [0.3, 0.4) is 0 Å². The summed E-state index contributed by atoms with van der Waals surface area (Å²) < 4.78 is 23.3. The molecule has 9 nitrogen and oxygen atoms in total. The molecule has 10 heteroatoms. The molecule has 0 fully saturated rings. The number of thiazole rings is 1. The second-order valence-electron chi connectivity index (χ2n) is 8.98. The smallest absolute Gasteiger partial charge is 0.338 e. The molecular weight excluding hydrogens is 544 g/mol. The lowest BCUT2D eigenvalue weighted by atomic mass is 9.93. The zero-order valence-electron chi connectivity index (χ0n) is 22.9. The summed E-state index contributed by atoms with van der Waals surface area (Å²) in [4.78, 5) is 32.8. The minimum atomic E-state index is -0.808. The van der Waals surface area contributed by atoms with Gasteiger partial charge in [0, 0.05) is 5.56 Å². The number of phenolic OH excluding ortho intramolecular Hbond substituents is 1. The lowest BCUT2D eigenvalue weighted by Gasteiger charge is -2.26. The van der Waals surface area contributed by atoms with Gasteiger partial charge in [0.15, 0.2) is 16.3 Å². The molecule has 0 saturated carbocycles. The van der Waals surface area contributed by atoms with Gasteiger partial charge in [-0.25, -0.2) is 9.79 Å². The molecular formula is C31H28N2O7S. The molecule has 0 spiro atoms. The summed E-state index contributed by atoms with van der Waals surface area (Å²) in [5.41, 5.74) is 2.35. The third-order valence-corrected chi connectivity index (χ3v) is 7.59. The number of ether oxygens (including phenoxy) is 4. The van der Waals surface area contributed by atoms with Crippen molar-refractivity contribution in [1.82, 2.24) is 4.57 Å². The number of phenols is 1. The highest BCUT2D eigenvalue weighted by Crippen LogP contribution is 2.38. The molecule has 1 atom stereocenters. The lowest BCUT2D eigenvalue weighted by molar-refractivity contribution is -0.138. The van der Waals surface area contributed by atoms with Crippen LogP contribution in [-0.4, -0.2) is 43.6 Å². The Bertz CT molecular complexity index is 1780. The quantitative estimate of drug-likeness (QED) is 0.321. The minimum absolute atomic E-state index is 0.139. The molecule has 210 valence electrons. The second-order valence-corrected chi connectivity index (χ2v) is 9.99. The third kappa shape index (κ3) is 5.21. The largest absolute Gasteiger partial charge is 0.502 e. The Kier molecular flexibility index (Phi) is 7.93. The van der Waals surface area contributed by atoms with Gasteiger partial charge in [0.25, 0.3) is 5.56 Å². The number of rotatable bonds is 8. The van der Waals surface area contributed by atoms with Crippen LogP contribution in [0.1, 0.15) is 29.7 Å². The highest BCUT2D eigenvalue weighted by Gasteiger charge is 2.35. The van der Waals surface area contributed by atoms with Crippen LogP contribution in [0.2, 0.25) is 0 Å². The van der Waals surface area contributed by atoms with Crippen molar-refractivity contribution in [3.05, 3.63) is 109 Å². The van der Waals surface area contributed by atoms with Gasteiger partial charge < -0.3 is 24.1 Å². The molecule has 0 amide bonds. The fraction of sp³-hybridized carbons (Fsp3) is 0.194. The van der Waals surface area contributed by atoms with Gasteiger partial charge in [-0.2, -0.15) is 0 Å². The van der Waals surface area contributed by atoms with E-state index in [1.165, 1.54) is 30.1 Å². The number of aromatic nitrogens is 1. The highest BCUT2D eigenvalue weighted by molar-refractivity contribution is 7.07. The Morgan fingerprint density at radius 3 is 2.24 bits per heavy atom. The summed E-state index contributed by atoms with van der Waals surface area (Å²) in [6.07, 6.45) is 1.68. The van der Waals surface area contributed by atoms with Crippen molar-refractivity contribution in [2.75, 3.05) is 27.9 Å². The summed E-state index contributed by atoms with van der Waals surface area (Å²) in [6, 6.07) is 19.0. The standard InChI is InChI=1S/C31H28N2O7S/c1-5-40-30(36)25-26(19-9-7-6-8-10-19)32-31-33(27(25)20-11-13-21(37-2)14-12-20)29(35)24(41-31)17-18-15-22(38-3)28(34)23(16-18)39-4/h6-17,27,34H,5H2,1-4H3/b24-17+/t27-/m0/s1. The van der Waals surface area contributed by atoms with Gasteiger partial charge in [0.1, 0.15) is 5.75 Å². The SMILES string of the molecule is CCOC(=O)C1=C(c2ccccc2)N=c2s/c(=C/c3cc(OC)c(O)c(OC)c3)c(=O)n2[C@H]1c1ccc(OC)cc1. The van der Waals surface area contributed by atoms with E-state index in [2.05, 4.69) is 0 Å². The summed E-state index contributed by atoms with van der Waals surface area (Å²) in [5, 5.41) is 10.3. The zero-order valence-corrected chi connectivity index (χ0v) is 23.7. The number of methoxy groups -OCH3 is 3. The van der Waals surface area contributed by atoms with Crippen molar-refractivity contribution in [2.24, 2.45) is 4.99 Å². The van der Waals surface area contributed by atoms with Crippen LogP contribution >= 0.6 is 11.3 Å². The molecule has 2 heterocycles. The summed E-state index contributed by atoms with van der Waals surface area (Å²) in [7, 11) is 4.44. The predicted molar refractivity (Wildman–Crippen MR) is 155 cm³/mol. The van der Waals surface area contributed by atoms with Crippen molar-refractivity contribution >= 4 is 29.1 Å². The summed E-state index contributed by atoms with van der Waals surface area (Å²) in [5.74, 6) is 0.352. The zero-order chi connectivity index (χ0) is 29.1. The number of benzene rings is 3. The number of carbonyl (C=O) groups is 1. The van der Waals surface area contributed by atoms with Crippen LogP contribution in [0.25, 0.3) is 11.8 Å². The number of carbonyl (C=O) groups excluding carboxylic acids is 1. The average molecular weight is 573 g/mol. The Morgan fingerprint density at radius 2 is 1.66 bits per heavy atom. The lowest BCUT2D eigenvalue weighted by Crippen LogP contribution is -2.40. The normalized spacial score (nSPS) is 14.7. The van der Waals surface area contributed by atoms with E-state index in [1.807, 2.05) is 42.5 Å². The molecule has 0 bridgehead atoms. The van der Waals surface area contributed by atoms with E-state index in [1.54, 1.807) is 44.4 Å². The first kappa shape index (κ1) is 27.7. The van der Waals surface area contributed by atoms with Gasteiger partial charge in [-0.05, 0) is 48.4 Å². The maximum atomic E-state index is 14.0. The van der Waals surface area contributed by atoms with E-state index in [0.717, 1.165) is 5.56 Å². The first-order valence-corrected chi connectivity index (χ1v) is 13.6. The minimum Gasteiger partial charge on any atom is -0.502 e. The third-order valence-electron chi connectivity index (χ3n) is 6.61. The number of hydrogen-bond donors (Lipinski definition) is 1. The van der Waals surface area contributed by atoms with E-state index in [-0.39, 0.29) is 35.0 Å². The number of fused-ring (bicyclic) bond motifs is 1. The molecule has 0 radical (unpaired) electrons. The molecule has 3 aromatic carbocycles. The first-order chi connectivity index (χ1) is 19.9. The number of aromatic hydroxyl groups is 1. The van der Waals surface area contributed by atoms with Crippen LogP contribution in [0, 0.1) is 0 Å². The Morgan fingerprint density at radius 1 is 1.00 bits per heavy atom. The van der Waals surface area contributed by atoms with Crippen LogP contribution in [0.5, 0.6) is 23.0 Å². The van der Waals surface area contributed by atoms with E-state index >= 15 is 0 Å². The fourth-order valence-electron chi connectivity index (χ4n) is 4.69. The average Bonchev–Trinajstić information content (AvgIpc) is 3.31. The maximum Gasteiger partial charge on any atom is 0.338 e. The molecule has 41 heavy (non-hydrogen) atoms. The number of nitrogens with zero attached hydrogens (tertiary/aromatic N) is 2. The molecule has 5 rings (SSSR count). The van der Waals surface area contributed by atoms with Crippen molar-refractivity contribution in [2.45, 2.75) is 13.0 Å². The molecule has 4 aromatic rings. The van der Waals surface area contributed by atoms with Crippen molar-refractivity contribution in [3.63, 3.8) is 0 Å². The van der Waals surface area contributed by atoms with Crippen LogP contribution < -0.4 is 29.1 Å². The number of hydrogen-bond acceptors (Lipinski definition) is 9. The molecule has 0 aliphatic carbocycles. The predicted octanol–water partition coefficient (Wildman–Crippen LogP) is 3.67. The molecule has 1 aliphatic rings. The van der Waals surface area contributed by atoms with Gasteiger partial charge in [0.05, 0.1) is 49.8 Å². The van der Waals surface area contributed by atoms with Crippen molar-refractivity contribution in [3.8, 4) is 23.0 Å².